The van der Waals surface area contributed by atoms with Crippen LogP contribution in [0, 0.1) is 0 Å². The molecule has 8 aromatic carbocycles. The molecule has 0 atom stereocenters. The van der Waals surface area contributed by atoms with Gasteiger partial charge >= 0.3 is 0 Å². The first-order valence-electron chi connectivity index (χ1n) is 20.8. The minimum Gasteiger partial charge on any atom is -0.456 e. The van der Waals surface area contributed by atoms with E-state index in [0.29, 0.717) is 0 Å². The van der Waals surface area contributed by atoms with Gasteiger partial charge in [-0.1, -0.05) is 170 Å². The average Bonchev–Trinajstić information content (AvgIpc) is 4.17. The Morgan fingerprint density at radius 3 is 0.677 bits per heavy atom. The Morgan fingerprint density at radius 2 is 0.452 bits per heavy atom. The Labute approximate surface area is 357 Å². The molecule has 0 fully saturated rings. The molecule has 0 aliphatic carbocycles. The fraction of sp³-hybridized carbons (Fsp3) is 0. The molecule has 4 aromatic heterocycles. The van der Waals surface area contributed by atoms with Crippen LogP contribution in [0.5, 0.6) is 0 Å². The van der Waals surface area contributed by atoms with Crippen molar-refractivity contribution in [3.63, 3.8) is 0 Å². The Morgan fingerprint density at radius 1 is 0.226 bits per heavy atom. The van der Waals surface area contributed by atoms with E-state index in [-0.39, 0.29) is 0 Å². The van der Waals surface area contributed by atoms with E-state index in [4.69, 9.17) is 17.7 Å². The molecule has 0 bridgehead atoms. The van der Waals surface area contributed by atoms with Crippen molar-refractivity contribution in [3.8, 4) is 45.3 Å². The number of fused-ring (bicyclic) bond motifs is 4. The maximum atomic E-state index is 6.70. The topological polar surface area (TPSA) is 52.6 Å². The largest absolute Gasteiger partial charge is 0.456 e. The molecule has 12 aromatic rings. The van der Waals surface area contributed by atoms with Crippen LogP contribution in [0.25, 0.3) is 100 Å². The van der Waals surface area contributed by atoms with Crippen molar-refractivity contribution in [2.24, 2.45) is 0 Å². The van der Waals surface area contributed by atoms with Gasteiger partial charge in [-0.05, 0) is 81.9 Å². The summed E-state index contributed by atoms with van der Waals surface area (Å²) in [5.41, 5.74) is 13.3. The van der Waals surface area contributed by atoms with Gasteiger partial charge in [0.1, 0.15) is 45.4 Å². The molecule has 292 valence electrons. The second kappa shape index (κ2) is 14.7. The number of hydrogen-bond acceptors (Lipinski definition) is 4. The summed E-state index contributed by atoms with van der Waals surface area (Å²) in [6.45, 7) is 0. The van der Waals surface area contributed by atoms with E-state index in [0.717, 1.165) is 123 Å². The third-order valence-corrected chi connectivity index (χ3v) is 11.8. The van der Waals surface area contributed by atoms with Crippen LogP contribution in [0.3, 0.4) is 0 Å². The van der Waals surface area contributed by atoms with Gasteiger partial charge in [0.05, 0.1) is 0 Å². The molecule has 4 nitrogen and oxygen atoms in total. The summed E-state index contributed by atoms with van der Waals surface area (Å²) in [6.07, 6.45) is 0. The molecule has 0 saturated carbocycles. The average molecular weight is 797 g/mol. The smallest absolute Gasteiger partial charge is 0.135 e. The molecule has 0 saturated heterocycles. The fourth-order valence-corrected chi connectivity index (χ4v) is 8.92. The minimum absolute atomic E-state index is 0.795. The lowest BCUT2D eigenvalue weighted by Crippen LogP contribution is -1.99. The van der Waals surface area contributed by atoms with Crippen molar-refractivity contribution in [3.05, 3.63) is 241 Å². The van der Waals surface area contributed by atoms with Crippen LogP contribution in [-0.2, 0) is 0 Å². The van der Waals surface area contributed by atoms with E-state index in [1.165, 1.54) is 0 Å². The number of benzene rings is 8. The lowest BCUT2D eigenvalue weighted by Gasteiger charge is -2.20. The van der Waals surface area contributed by atoms with Gasteiger partial charge in [-0.25, -0.2) is 0 Å². The van der Waals surface area contributed by atoms with Crippen LogP contribution < -0.4 is 0 Å². The van der Waals surface area contributed by atoms with Crippen molar-refractivity contribution in [2.45, 2.75) is 0 Å². The second-order valence-corrected chi connectivity index (χ2v) is 15.5. The summed E-state index contributed by atoms with van der Waals surface area (Å²) < 4.78 is 26.8. The van der Waals surface area contributed by atoms with E-state index in [1.807, 2.05) is 72.8 Å². The van der Waals surface area contributed by atoms with E-state index in [2.05, 4.69) is 146 Å². The van der Waals surface area contributed by atoms with Gasteiger partial charge in [0.2, 0.25) is 0 Å². The van der Waals surface area contributed by atoms with Gasteiger partial charge in [0.25, 0.3) is 0 Å². The maximum absolute atomic E-state index is 6.70. The molecular formula is C58H36O4. The van der Waals surface area contributed by atoms with E-state index in [1.54, 1.807) is 0 Å². The standard InChI is InChI=1S/C58H36O4/c1-5-17-37(18-6-1)53-33-45-41(25-13-29-49(45)59-53)57(42-26-14-30-50-46(42)34-54(60-50)38-19-7-2-8-20-38)58(43-27-15-31-51-47(43)35-55(61-51)39-21-9-3-10-22-39)44-28-16-32-52-48(44)36-56(62-52)40-23-11-4-12-24-40/h1-36H. The third kappa shape index (κ3) is 6.08. The predicted octanol–water partition coefficient (Wildman–Crippen LogP) is 16.3. The highest BCUT2D eigenvalue weighted by molar-refractivity contribution is 6.19. The van der Waals surface area contributed by atoms with Crippen LogP contribution in [0.15, 0.2) is 236 Å². The molecule has 4 heterocycles. The van der Waals surface area contributed by atoms with Crippen molar-refractivity contribution >= 4 is 55.0 Å². The van der Waals surface area contributed by atoms with Crippen LogP contribution in [-0.4, -0.2) is 0 Å². The molecule has 0 N–H and O–H groups in total. The molecule has 0 radical (unpaired) electrons. The number of rotatable bonds is 8. The van der Waals surface area contributed by atoms with E-state index >= 15 is 0 Å². The summed E-state index contributed by atoms with van der Waals surface area (Å²) >= 11 is 0. The SMILES string of the molecule is c1ccc(-c2cc3c(C(=C(c4cccc5oc(-c6ccccc6)cc45)c4cccc5oc(-c6ccccc6)cc45)c4cccc5oc(-c6ccccc6)cc45)cccc3o2)cc1. The van der Waals surface area contributed by atoms with Crippen LogP contribution in [0.4, 0.5) is 0 Å². The normalized spacial score (nSPS) is 11.5. The summed E-state index contributed by atoms with van der Waals surface area (Å²) in [4.78, 5) is 0. The first kappa shape index (κ1) is 35.6. The Hall–Kier alpha value is -8.34. The van der Waals surface area contributed by atoms with Crippen molar-refractivity contribution in [2.75, 3.05) is 0 Å². The summed E-state index contributed by atoms with van der Waals surface area (Å²) in [7, 11) is 0. The predicted molar refractivity (Wildman–Crippen MR) is 252 cm³/mol. The maximum Gasteiger partial charge on any atom is 0.135 e. The molecule has 0 spiro atoms. The zero-order chi connectivity index (χ0) is 41.0. The quantitative estimate of drug-likeness (QED) is 0.144. The first-order valence-corrected chi connectivity index (χ1v) is 20.8. The van der Waals surface area contributed by atoms with Crippen molar-refractivity contribution in [1.82, 2.24) is 0 Å². The molecule has 0 aliphatic heterocycles. The lowest BCUT2D eigenvalue weighted by molar-refractivity contribution is 0.631. The fourth-order valence-electron chi connectivity index (χ4n) is 8.92. The third-order valence-electron chi connectivity index (χ3n) is 11.8. The molecule has 62 heavy (non-hydrogen) atoms. The highest BCUT2D eigenvalue weighted by atomic mass is 16.3. The minimum atomic E-state index is 0.795. The highest BCUT2D eigenvalue weighted by Crippen LogP contribution is 2.48. The highest BCUT2D eigenvalue weighted by Gasteiger charge is 2.26. The zero-order valence-electron chi connectivity index (χ0n) is 33.4. The molecule has 0 unspecified atom stereocenters. The van der Waals surface area contributed by atoms with Crippen molar-refractivity contribution < 1.29 is 17.7 Å². The van der Waals surface area contributed by atoms with Gasteiger partial charge in [0, 0.05) is 43.8 Å². The second-order valence-electron chi connectivity index (χ2n) is 15.5. The van der Waals surface area contributed by atoms with E-state index < -0.39 is 0 Å². The number of hydrogen-bond donors (Lipinski definition) is 0. The zero-order valence-corrected chi connectivity index (χ0v) is 33.4. The van der Waals surface area contributed by atoms with Crippen LogP contribution >= 0.6 is 0 Å². The molecular weight excluding hydrogens is 761 g/mol. The van der Waals surface area contributed by atoms with Gasteiger partial charge in [0.15, 0.2) is 0 Å². The summed E-state index contributed by atoms with van der Waals surface area (Å²) in [5, 5.41) is 3.99. The number of furan rings is 4. The molecule has 4 heteroatoms. The van der Waals surface area contributed by atoms with Gasteiger partial charge < -0.3 is 17.7 Å². The Bertz CT molecular complexity index is 3120. The Balaban J connectivity index is 1.24. The molecule has 12 rings (SSSR count). The molecule has 0 amide bonds. The lowest BCUT2D eigenvalue weighted by atomic mass is 9.82. The van der Waals surface area contributed by atoms with E-state index in [9.17, 15) is 0 Å². The van der Waals surface area contributed by atoms with Crippen molar-refractivity contribution in [1.29, 1.82) is 0 Å². The molecule has 0 aliphatic rings. The summed E-state index contributed by atoms with van der Waals surface area (Å²) in [6, 6.07) is 75.3. The monoisotopic (exact) mass is 796 g/mol. The first-order chi connectivity index (χ1) is 30.7. The van der Waals surface area contributed by atoms with Gasteiger partial charge in [-0.3, -0.25) is 0 Å². The van der Waals surface area contributed by atoms with Crippen LogP contribution in [0.1, 0.15) is 22.3 Å². The summed E-state index contributed by atoms with van der Waals surface area (Å²) in [5.74, 6) is 3.21. The van der Waals surface area contributed by atoms with Gasteiger partial charge in [-0.15, -0.1) is 0 Å². The Kier molecular flexibility index (Phi) is 8.46. The van der Waals surface area contributed by atoms with Crippen LogP contribution in [0.2, 0.25) is 0 Å². The van der Waals surface area contributed by atoms with Gasteiger partial charge in [-0.2, -0.15) is 0 Å².